The number of hydrogen-bond acceptors (Lipinski definition) is 6. The minimum Gasteiger partial charge on any atom is -0.493 e. The van der Waals surface area contributed by atoms with Gasteiger partial charge in [-0.25, -0.2) is 9.78 Å². The molecule has 0 bridgehead atoms. The van der Waals surface area contributed by atoms with E-state index >= 15 is 0 Å². The Kier molecular flexibility index (Phi) is 4.42. The minimum absolute atomic E-state index is 0.330. The van der Waals surface area contributed by atoms with Crippen LogP contribution in [-0.2, 0) is 11.3 Å². The molecule has 0 aliphatic heterocycles. The van der Waals surface area contributed by atoms with Gasteiger partial charge >= 0.3 is 5.97 Å². The standard InChI is InChI=1S/C14H17N3O4/c1-9-16-7-11(14(18)21-4)17(9)8-10-13(20-3)12(19-2)5-6-15-10/h5-7H,8H2,1-4H3. The Bertz CT molecular complexity index is 652. The second kappa shape index (κ2) is 6.25. The van der Waals surface area contributed by atoms with Crippen molar-refractivity contribution in [2.45, 2.75) is 13.5 Å². The molecule has 0 N–H and O–H groups in total. The number of hydrogen-bond donors (Lipinski definition) is 0. The van der Waals surface area contributed by atoms with E-state index < -0.39 is 5.97 Å². The number of ether oxygens (including phenoxy) is 3. The summed E-state index contributed by atoms with van der Waals surface area (Å²) >= 11 is 0. The van der Waals surface area contributed by atoms with Gasteiger partial charge in [0, 0.05) is 12.3 Å². The molecular weight excluding hydrogens is 274 g/mol. The molecule has 112 valence electrons. The summed E-state index contributed by atoms with van der Waals surface area (Å²) in [7, 11) is 4.44. The van der Waals surface area contributed by atoms with Crippen molar-refractivity contribution in [1.82, 2.24) is 14.5 Å². The molecule has 0 saturated heterocycles. The van der Waals surface area contributed by atoms with Crippen molar-refractivity contribution in [3.8, 4) is 11.5 Å². The van der Waals surface area contributed by atoms with Gasteiger partial charge in [0.2, 0.25) is 0 Å². The molecule has 0 atom stereocenters. The number of carbonyl (C=O) groups excluding carboxylic acids is 1. The highest BCUT2D eigenvalue weighted by molar-refractivity contribution is 5.87. The van der Waals surface area contributed by atoms with Gasteiger partial charge in [0.05, 0.1) is 34.1 Å². The molecule has 0 aliphatic carbocycles. The molecule has 2 heterocycles. The number of aryl methyl sites for hydroxylation is 1. The lowest BCUT2D eigenvalue weighted by Crippen LogP contribution is -2.14. The molecule has 0 spiro atoms. The van der Waals surface area contributed by atoms with Crippen molar-refractivity contribution in [3.63, 3.8) is 0 Å². The van der Waals surface area contributed by atoms with Crippen molar-refractivity contribution in [2.75, 3.05) is 21.3 Å². The van der Waals surface area contributed by atoms with Crippen LogP contribution < -0.4 is 9.47 Å². The van der Waals surface area contributed by atoms with E-state index in [9.17, 15) is 4.79 Å². The fourth-order valence-corrected chi connectivity index (χ4v) is 2.05. The first kappa shape index (κ1) is 14.8. The van der Waals surface area contributed by atoms with Gasteiger partial charge in [0.25, 0.3) is 0 Å². The fourth-order valence-electron chi connectivity index (χ4n) is 2.05. The van der Waals surface area contributed by atoms with Gasteiger partial charge in [0.1, 0.15) is 17.2 Å². The Hall–Kier alpha value is -2.57. The molecule has 0 fully saturated rings. The molecule has 0 aliphatic rings. The molecule has 2 aromatic heterocycles. The first-order chi connectivity index (χ1) is 10.1. The Morgan fingerprint density at radius 3 is 2.62 bits per heavy atom. The summed E-state index contributed by atoms with van der Waals surface area (Å²) in [5.41, 5.74) is 1.00. The van der Waals surface area contributed by atoms with E-state index in [1.54, 1.807) is 38.0 Å². The van der Waals surface area contributed by atoms with Crippen LogP contribution in [-0.4, -0.2) is 41.8 Å². The number of rotatable bonds is 5. The lowest BCUT2D eigenvalue weighted by Gasteiger charge is -2.13. The maximum atomic E-state index is 11.8. The fraction of sp³-hybridized carbons (Fsp3) is 0.357. The zero-order valence-electron chi connectivity index (χ0n) is 12.4. The molecule has 21 heavy (non-hydrogen) atoms. The van der Waals surface area contributed by atoms with Crippen LogP contribution in [0.2, 0.25) is 0 Å². The average Bonchev–Trinajstić information content (AvgIpc) is 2.87. The van der Waals surface area contributed by atoms with E-state index in [1.807, 2.05) is 0 Å². The molecule has 2 aromatic rings. The minimum atomic E-state index is -0.447. The monoisotopic (exact) mass is 291 g/mol. The van der Waals surface area contributed by atoms with Crippen LogP contribution in [0, 0.1) is 6.92 Å². The quantitative estimate of drug-likeness (QED) is 0.776. The first-order valence-electron chi connectivity index (χ1n) is 6.28. The largest absolute Gasteiger partial charge is 0.493 e. The second-order valence-corrected chi connectivity index (χ2v) is 4.26. The maximum absolute atomic E-state index is 11.8. The third kappa shape index (κ3) is 2.81. The third-order valence-corrected chi connectivity index (χ3v) is 3.12. The number of pyridine rings is 1. The highest BCUT2D eigenvalue weighted by Crippen LogP contribution is 2.29. The smallest absolute Gasteiger partial charge is 0.356 e. The molecule has 0 amide bonds. The van der Waals surface area contributed by atoms with Crippen molar-refractivity contribution in [1.29, 1.82) is 0 Å². The average molecular weight is 291 g/mol. The molecule has 0 saturated carbocycles. The molecule has 7 nitrogen and oxygen atoms in total. The zero-order valence-corrected chi connectivity index (χ0v) is 12.4. The molecule has 0 unspecified atom stereocenters. The van der Waals surface area contributed by atoms with E-state index in [-0.39, 0.29) is 0 Å². The first-order valence-corrected chi connectivity index (χ1v) is 6.28. The van der Waals surface area contributed by atoms with E-state index in [0.717, 1.165) is 0 Å². The van der Waals surface area contributed by atoms with Crippen molar-refractivity contribution < 1.29 is 19.0 Å². The van der Waals surface area contributed by atoms with Crippen molar-refractivity contribution in [3.05, 3.63) is 35.7 Å². The van der Waals surface area contributed by atoms with Gasteiger partial charge in [-0.15, -0.1) is 0 Å². The lowest BCUT2D eigenvalue weighted by molar-refractivity contribution is 0.0588. The van der Waals surface area contributed by atoms with Gasteiger partial charge in [-0.05, 0) is 6.92 Å². The topological polar surface area (TPSA) is 75.5 Å². The van der Waals surface area contributed by atoms with Gasteiger partial charge in [0.15, 0.2) is 11.5 Å². The number of esters is 1. The summed E-state index contributed by atoms with van der Waals surface area (Å²) < 4.78 is 17.1. The summed E-state index contributed by atoms with van der Waals surface area (Å²) in [6.07, 6.45) is 3.11. The normalized spacial score (nSPS) is 10.3. The van der Waals surface area contributed by atoms with Crippen LogP contribution in [0.1, 0.15) is 22.0 Å². The molecule has 2 rings (SSSR count). The Labute approximate surface area is 122 Å². The van der Waals surface area contributed by atoms with Crippen LogP contribution in [0.15, 0.2) is 18.5 Å². The molecule has 7 heteroatoms. The summed E-state index contributed by atoms with van der Waals surface area (Å²) in [5, 5.41) is 0. The van der Waals surface area contributed by atoms with Crippen molar-refractivity contribution >= 4 is 5.97 Å². The second-order valence-electron chi connectivity index (χ2n) is 4.26. The number of carbonyl (C=O) groups is 1. The highest BCUT2D eigenvalue weighted by Gasteiger charge is 2.18. The summed E-state index contributed by atoms with van der Waals surface area (Å²) in [5.74, 6) is 1.35. The van der Waals surface area contributed by atoms with Gasteiger partial charge in [-0.2, -0.15) is 0 Å². The number of aromatic nitrogens is 3. The Balaban J connectivity index is 2.43. The van der Waals surface area contributed by atoms with E-state index in [4.69, 9.17) is 14.2 Å². The Morgan fingerprint density at radius 1 is 1.24 bits per heavy atom. The van der Waals surface area contributed by atoms with Crippen LogP contribution in [0.3, 0.4) is 0 Å². The SMILES string of the molecule is COC(=O)c1cnc(C)n1Cc1nccc(OC)c1OC. The number of methoxy groups -OCH3 is 3. The van der Waals surface area contributed by atoms with Crippen LogP contribution in [0.4, 0.5) is 0 Å². The summed E-state index contributed by atoms with van der Waals surface area (Å²) in [6.45, 7) is 2.13. The van der Waals surface area contributed by atoms with Crippen LogP contribution >= 0.6 is 0 Å². The predicted molar refractivity (Wildman–Crippen MR) is 74.7 cm³/mol. The van der Waals surface area contributed by atoms with Gasteiger partial charge in [-0.3, -0.25) is 4.98 Å². The number of nitrogens with zero attached hydrogens (tertiary/aromatic N) is 3. The number of imidazole rings is 1. The zero-order chi connectivity index (χ0) is 15.4. The van der Waals surface area contributed by atoms with E-state index in [1.165, 1.54) is 13.3 Å². The third-order valence-electron chi connectivity index (χ3n) is 3.12. The Morgan fingerprint density at radius 2 is 2.00 bits per heavy atom. The van der Waals surface area contributed by atoms with Crippen LogP contribution in [0.5, 0.6) is 11.5 Å². The highest BCUT2D eigenvalue weighted by atomic mass is 16.5. The summed E-state index contributed by atoms with van der Waals surface area (Å²) in [4.78, 5) is 20.2. The van der Waals surface area contributed by atoms with Crippen molar-refractivity contribution in [2.24, 2.45) is 0 Å². The maximum Gasteiger partial charge on any atom is 0.356 e. The van der Waals surface area contributed by atoms with Crippen LogP contribution in [0.25, 0.3) is 0 Å². The lowest BCUT2D eigenvalue weighted by atomic mass is 10.3. The molecule has 0 radical (unpaired) electrons. The molecule has 0 aromatic carbocycles. The van der Waals surface area contributed by atoms with Gasteiger partial charge in [-0.1, -0.05) is 0 Å². The predicted octanol–water partition coefficient (Wildman–Crippen LogP) is 1.44. The van der Waals surface area contributed by atoms with E-state index in [2.05, 4.69) is 9.97 Å². The molecular formula is C14H17N3O4. The summed E-state index contributed by atoms with van der Waals surface area (Å²) in [6, 6.07) is 1.71. The van der Waals surface area contributed by atoms with E-state index in [0.29, 0.717) is 35.3 Å². The van der Waals surface area contributed by atoms with Gasteiger partial charge < -0.3 is 18.8 Å².